The molecule has 0 aliphatic carbocycles. The van der Waals surface area contributed by atoms with Gasteiger partial charge >= 0.3 is 0 Å². The molecule has 4 nitrogen and oxygen atoms in total. The maximum absolute atomic E-state index is 10.6. The molecule has 0 aliphatic rings. The van der Waals surface area contributed by atoms with Crippen LogP contribution in [-0.4, -0.2) is 34.8 Å². The average molecular weight is 194 g/mol. The molecule has 12 heavy (non-hydrogen) atoms. The molecule has 0 unspecified atom stereocenters. The fraction of sp³-hybridized carbons (Fsp3) is 1.00. The lowest BCUT2D eigenvalue weighted by Gasteiger charge is -2.01. The Morgan fingerprint density at radius 3 is 2.17 bits per heavy atom. The van der Waals surface area contributed by atoms with E-state index in [2.05, 4.69) is 10.0 Å². The molecule has 0 saturated heterocycles. The number of hydrogen-bond acceptors (Lipinski definition) is 3. The van der Waals surface area contributed by atoms with Crippen molar-refractivity contribution in [2.24, 2.45) is 0 Å². The lowest BCUT2D eigenvalue weighted by atomic mass is 10.2. The van der Waals surface area contributed by atoms with Crippen molar-refractivity contribution in [3.63, 3.8) is 0 Å². The van der Waals surface area contributed by atoms with E-state index in [0.717, 1.165) is 25.8 Å². The maximum Gasteiger partial charge on any atom is 0.208 e. The summed E-state index contributed by atoms with van der Waals surface area (Å²) in [5.74, 6) is 0. The first-order valence-electron chi connectivity index (χ1n) is 4.15. The summed E-state index contributed by atoms with van der Waals surface area (Å²) in [6, 6.07) is 0. The standard InChI is InChI=1S/C7H18N2O2S/c1-8-6-4-3-5-7-9-12(2,10)11/h8-9H,3-7H2,1-2H3. The molecular formula is C7H18N2O2S. The Kier molecular flexibility index (Phi) is 6.32. The summed E-state index contributed by atoms with van der Waals surface area (Å²) in [5.41, 5.74) is 0. The quantitative estimate of drug-likeness (QED) is 0.558. The number of unbranched alkanes of at least 4 members (excludes halogenated alkanes) is 2. The second kappa shape index (κ2) is 6.39. The van der Waals surface area contributed by atoms with Gasteiger partial charge in [0.15, 0.2) is 0 Å². The zero-order valence-corrected chi connectivity index (χ0v) is 8.58. The molecule has 0 rings (SSSR count). The van der Waals surface area contributed by atoms with Crippen molar-refractivity contribution in [2.45, 2.75) is 19.3 Å². The van der Waals surface area contributed by atoms with Crippen molar-refractivity contribution >= 4 is 10.0 Å². The van der Waals surface area contributed by atoms with Gasteiger partial charge in [0, 0.05) is 6.54 Å². The number of nitrogens with one attached hydrogen (secondary N) is 2. The van der Waals surface area contributed by atoms with Gasteiger partial charge in [-0.1, -0.05) is 6.42 Å². The van der Waals surface area contributed by atoms with Crippen molar-refractivity contribution < 1.29 is 8.42 Å². The molecule has 0 spiro atoms. The molecule has 0 amide bonds. The van der Waals surface area contributed by atoms with Gasteiger partial charge in [-0.05, 0) is 26.4 Å². The molecule has 0 aromatic carbocycles. The molecule has 0 aromatic heterocycles. The zero-order valence-electron chi connectivity index (χ0n) is 7.76. The topological polar surface area (TPSA) is 58.2 Å². The Morgan fingerprint density at radius 2 is 1.67 bits per heavy atom. The van der Waals surface area contributed by atoms with E-state index in [1.807, 2.05) is 7.05 Å². The lowest BCUT2D eigenvalue weighted by molar-refractivity contribution is 0.578. The minimum absolute atomic E-state index is 0.558. The lowest BCUT2D eigenvalue weighted by Crippen LogP contribution is -2.23. The highest BCUT2D eigenvalue weighted by molar-refractivity contribution is 7.88. The first-order valence-corrected chi connectivity index (χ1v) is 6.04. The fourth-order valence-corrected chi connectivity index (χ4v) is 1.38. The van der Waals surface area contributed by atoms with Crippen LogP contribution in [0.15, 0.2) is 0 Å². The van der Waals surface area contributed by atoms with Crippen LogP contribution in [0, 0.1) is 0 Å². The molecule has 0 saturated carbocycles. The average Bonchev–Trinajstić information content (AvgIpc) is 1.94. The van der Waals surface area contributed by atoms with Gasteiger partial charge in [-0.25, -0.2) is 13.1 Å². The van der Waals surface area contributed by atoms with Crippen LogP contribution in [0.3, 0.4) is 0 Å². The molecular weight excluding hydrogens is 176 g/mol. The molecule has 0 bridgehead atoms. The highest BCUT2D eigenvalue weighted by atomic mass is 32.2. The Balaban J connectivity index is 3.12. The Morgan fingerprint density at radius 1 is 1.08 bits per heavy atom. The highest BCUT2D eigenvalue weighted by Gasteiger charge is 1.97. The van der Waals surface area contributed by atoms with E-state index in [9.17, 15) is 8.42 Å². The van der Waals surface area contributed by atoms with E-state index < -0.39 is 10.0 Å². The monoisotopic (exact) mass is 194 g/mol. The van der Waals surface area contributed by atoms with Crippen molar-refractivity contribution in [3.8, 4) is 0 Å². The summed E-state index contributed by atoms with van der Waals surface area (Å²) in [6.07, 6.45) is 4.25. The smallest absolute Gasteiger partial charge is 0.208 e. The van der Waals surface area contributed by atoms with Gasteiger partial charge in [-0.3, -0.25) is 0 Å². The molecule has 0 heterocycles. The minimum Gasteiger partial charge on any atom is -0.320 e. The third-order valence-corrected chi connectivity index (χ3v) is 2.20. The van der Waals surface area contributed by atoms with Crippen LogP contribution in [0.25, 0.3) is 0 Å². The van der Waals surface area contributed by atoms with Gasteiger partial charge in [0.2, 0.25) is 10.0 Å². The fourth-order valence-electron chi connectivity index (χ4n) is 0.861. The molecule has 0 aromatic rings. The molecule has 2 N–H and O–H groups in total. The van der Waals surface area contributed by atoms with E-state index in [1.165, 1.54) is 6.26 Å². The van der Waals surface area contributed by atoms with Crippen LogP contribution < -0.4 is 10.0 Å². The van der Waals surface area contributed by atoms with E-state index in [4.69, 9.17) is 0 Å². The summed E-state index contributed by atoms with van der Waals surface area (Å²) < 4.78 is 23.6. The predicted molar refractivity (Wildman–Crippen MR) is 50.6 cm³/mol. The van der Waals surface area contributed by atoms with Crippen molar-refractivity contribution in [1.29, 1.82) is 0 Å². The van der Waals surface area contributed by atoms with E-state index >= 15 is 0 Å². The first kappa shape index (κ1) is 11.9. The summed E-state index contributed by atoms with van der Waals surface area (Å²) in [7, 11) is -1.07. The van der Waals surface area contributed by atoms with E-state index in [1.54, 1.807) is 0 Å². The number of rotatable bonds is 7. The normalized spacial score (nSPS) is 11.8. The van der Waals surface area contributed by atoms with Gasteiger partial charge in [-0.15, -0.1) is 0 Å². The SMILES string of the molecule is CNCCCCCNS(C)(=O)=O. The van der Waals surface area contributed by atoms with Crippen LogP contribution in [0.4, 0.5) is 0 Å². The van der Waals surface area contributed by atoms with Crippen molar-refractivity contribution in [3.05, 3.63) is 0 Å². The Hall–Kier alpha value is -0.130. The summed E-state index contributed by atoms with van der Waals surface area (Å²) in [5, 5.41) is 3.04. The summed E-state index contributed by atoms with van der Waals surface area (Å²) in [4.78, 5) is 0. The van der Waals surface area contributed by atoms with Gasteiger partial charge in [0.05, 0.1) is 6.26 Å². The summed E-state index contributed by atoms with van der Waals surface area (Å²) in [6.45, 7) is 1.56. The molecule has 0 atom stereocenters. The van der Waals surface area contributed by atoms with Crippen molar-refractivity contribution in [1.82, 2.24) is 10.0 Å². The summed E-state index contributed by atoms with van der Waals surface area (Å²) >= 11 is 0. The van der Waals surface area contributed by atoms with Gasteiger partial charge in [0.1, 0.15) is 0 Å². The van der Waals surface area contributed by atoms with Crippen LogP contribution in [0.2, 0.25) is 0 Å². The largest absolute Gasteiger partial charge is 0.320 e. The van der Waals surface area contributed by atoms with E-state index in [0.29, 0.717) is 6.54 Å². The number of sulfonamides is 1. The zero-order chi connectivity index (χ0) is 9.45. The first-order chi connectivity index (χ1) is 5.56. The molecule has 5 heteroatoms. The number of hydrogen-bond donors (Lipinski definition) is 2. The Bertz CT molecular complexity index is 190. The molecule has 74 valence electrons. The van der Waals surface area contributed by atoms with E-state index in [-0.39, 0.29) is 0 Å². The van der Waals surface area contributed by atoms with Gasteiger partial charge in [0.25, 0.3) is 0 Å². The second-order valence-electron chi connectivity index (χ2n) is 2.83. The van der Waals surface area contributed by atoms with Crippen LogP contribution in [0.1, 0.15) is 19.3 Å². The van der Waals surface area contributed by atoms with Crippen LogP contribution in [0.5, 0.6) is 0 Å². The molecule has 0 radical (unpaired) electrons. The van der Waals surface area contributed by atoms with Gasteiger partial charge < -0.3 is 5.32 Å². The third-order valence-electron chi connectivity index (χ3n) is 1.47. The molecule has 0 fully saturated rings. The van der Waals surface area contributed by atoms with Crippen LogP contribution >= 0.6 is 0 Å². The highest BCUT2D eigenvalue weighted by Crippen LogP contribution is 1.92. The predicted octanol–water partition coefficient (Wildman–Crippen LogP) is -0.0747. The molecule has 0 aliphatic heterocycles. The second-order valence-corrected chi connectivity index (χ2v) is 4.66. The Labute approximate surface area is 74.8 Å². The van der Waals surface area contributed by atoms with Gasteiger partial charge in [-0.2, -0.15) is 0 Å². The third kappa shape index (κ3) is 9.87. The van der Waals surface area contributed by atoms with Crippen molar-refractivity contribution in [2.75, 3.05) is 26.4 Å². The van der Waals surface area contributed by atoms with Crippen LogP contribution in [-0.2, 0) is 10.0 Å². The minimum atomic E-state index is -2.98. The maximum atomic E-state index is 10.6.